The van der Waals surface area contributed by atoms with Gasteiger partial charge in [-0.25, -0.2) is 4.98 Å². The van der Waals surface area contributed by atoms with Crippen LogP contribution in [0.25, 0.3) is 11.3 Å². The van der Waals surface area contributed by atoms with Gasteiger partial charge in [0.15, 0.2) is 5.96 Å². The Bertz CT molecular complexity index is 877. The number of nitrogens with zero attached hydrogens (tertiary/aromatic N) is 3. The van der Waals surface area contributed by atoms with Crippen LogP contribution in [0.3, 0.4) is 0 Å². The lowest BCUT2D eigenvalue weighted by Gasteiger charge is -2.21. The minimum Gasteiger partial charge on any atom is -0.494 e. The summed E-state index contributed by atoms with van der Waals surface area (Å²) >= 11 is 0. The van der Waals surface area contributed by atoms with Crippen LogP contribution in [0.15, 0.2) is 71.9 Å². The van der Waals surface area contributed by atoms with Crippen LogP contribution >= 0.6 is 0 Å². The number of unbranched alkanes of at least 4 members (excludes halogenated alkanes) is 1. The van der Waals surface area contributed by atoms with Crippen molar-refractivity contribution in [2.45, 2.75) is 19.4 Å². The third-order valence-corrected chi connectivity index (χ3v) is 4.54. The predicted octanol–water partition coefficient (Wildman–Crippen LogP) is 3.94. The average molecular weight is 392 g/mol. The Labute approximate surface area is 172 Å². The molecule has 29 heavy (non-hydrogen) atoms. The molecule has 152 valence electrons. The van der Waals surface area contributed by atoms with Crippen molar-refractivity contribution < 1.29 is 4.74 Å². The van der Waals surface area contributed by atoms with E-state index in [4.69, 9.17) is 4.74 Å². The largest absolute Gasteiger partial charge is 0.494 e. The van der Waals surface area contributed by atoms with Crippen molar-refractivity contribution in [2.24, 2.45) is 4.99 Å². The maximum atomic E-state index is 5.72. The van der Waals surface area contributed by atoms with Gasteiger partial charge in [0.1, 0.15) is 11.6 Å². The molecule has 2 N–H and O–H groups in total. The molecule has 0 saturated heterocycles. The quantitative estimate of drug-likeness (QED) is 0.329. The fourth-order valence-corrected chi connectivity index (χ4v) is 3.03. The number of hydrogen-bond donors (Lipinski definition) is 2. The van der Waals surface area contributed by atoms with Gasteiger partial charge in [0.05, 0.1) is 25.0 Å². The van der Waals surface area contributed by atoms with Gasteiger partial charge in [-0.3, -0.25) is 4.99 Å². The van der Waals surface area contributed by atoms with Gasteiger partial charge in [-0.1, -0.05) is 48.5 Å². The predicted molar refractivity (Wildman–Crippen MR) is 118 cm³/mol. The highest BCUT2D eigenvalue weighted by molar-refractivity contribution is 5.79. The lowest BCUT2D eigenvalue weighted by Crippen LogP contribution is -2.39. The number of H-pyrrole nitrogens is 1. The zero-order valence-corrected chi connectivity index (χ0v) is 17.1. The molecule has 0 unspecified atom stereocenters. The molecule has 0 spiro atoms. The third-order valence-electron chi connectivity index (χ3n) is 4.54. The molecule has 0 aliphatic heterocycles. The van der Waals surface area contributed by atoms with E-state index in [1.807, 2.05) is 61.8 Å². The first-order valence-electron chi connectivity index (χ1n) is 9.95. The van der Waals surface area contributed by atoms with Crippen molar-refractivity contribution in [3.05, 3.63) is 72.7 Å². The normalized spacial score (nSPS) is 11.3. The number of aliphatic imine (C=N–C) groups is 1. The Kier molecular flexibility index (Phi) is 7.69. The first-order chi connectivity index (χ1) is 14.3. The fraction of sp³-hybridized carbons (Fsp3) is 0.304. The molecular formula is C23H29N5O. The standard InChI is InChI=1S/C23H29N5O/c1-24-23(25-15-9-10-16-29-20-13-7-4-8-14-20)28(2)18-22-26-17-21(27-22)19-11-5-3-6-12-19/h3-8,11-14,17H,9-10,15-16,18H2,1-2H3,(H,24,25)(H,26,27). The zero-order valence-electron chi connectivity index (χ0n) is 17.1. The van der Waals surface area contributed by atoms with Gasteiger partial charge in [-0.15, -0.1) is 0 Å². The van der Waals surface area contributed by atoms with Crippen molar-refractivity contribution >= 4 is 5.96 Å². The zero-order chi connectivity index (χ0) is 20.3. The lowest BCUT2D eigenvalue weighted by molar-refractivity contribution is 0.306. The molecule has 1 aromatic heterocycles. The molecule has 0 amide bonds. The molecule has 0 saturated carbocycles. The van der Waals surface area contributed by atoms with Crippen LogP contribution in [0.2, 0.25) is 0 Å². The van der Waals surface area contributed by atoms with E-state index in [-0.39, 0.29) is 0 Å². The van der Waals surface area contributed by atoms with Crippen molar-refractivity contribution in [1.29, 1.82) is 0 Å². The third kappa shape index (κ3) is 6.38. The summed E-state index contributed by atoms with van der Waals surface area (Å²) in [5.41, 5.74) is 2.16. The highest BCUT2D eigenvalue weighted by Crippen LogP contribution is 2.16. The van der Waals surface area contributed by atoms with E-state index in [0.717, 1.165) is 54.8 Å². The average Bonchev–Trinajstić information content (AvgIpc) is 3.23. The summed E-state index contributed by atoms with van der Waals surface area (Å²) in [6.45, 7) is 2.22. The van der Waals surface area contributed by atoms with Crippen LogP contribution in [0, 0.1) is 0 Å². The molecule has 6 heteroatoms. The van der Waals surface area contributed by atoms with Gasteiger partial charge in [0.2, 0.25) is 0 Å². The molecule has 0 bridgehead atoms. The highest BCUT2D eigenvalue weighted by Gasteiger charge is 2.09. The Morgan fingerprint density at radius 2 is 1.79 bits per heavy atom. The number of imidazole rings is 1. The SMILES string of the molecule is CN=C(NCCCCOc1ccccc1)N(C)Cc1ncc(-c2ccccc2)[nH]1. The van der Waals surface area contributed by atoms with Gasteiger partial charge in [-0.05, 0) is 30.5 Å². The van der Waals surface area contributed by atoms with Crippen LogP contribution in [-0.2, 0) is 6.54 Å². The van der Waals surface area contributed by atoms with E-state index in [9.17, 15) is 0 Å². The molecule has 2 aromatic carbocycles. The van der Waals surface area contributed by atoms with Gasteiger partial charge in [0, 0.05) is 20.6 Å². The number of aromatic amines is 1. The number of rotatable bonds is 9. The number of ether oxygens (including phenoxy) is 1. The van der Waals surface area contributed by atoms with Gasteiger partial charge in [-0.2, -0.15) is 0 Å². The molecular weight excluding hydrogens is 362 g/mol. The number of aromatic nitrogens is 2. The maximum absolute atomic E-state index is 5.72. The second-order valence-electron chi connectivity index (χ2n) is 6.81. The summed E-state index contributed by atoms with van der Waals surface area (Å²) < 4.78 is 5.72. The van der Waals surface area contributed by atoms with Crippen LogP contribution in [-0.4, -0.2) is 48.1 Å². The van der Waals surface area contributed by atoms with Crippen LogP contribution < -0.4 is 10.1 Å². The number of para-hydroxylation sites is 1. The smallest absolute Gasteiger partial charge is 0.193 e. The van der Waals surface area contributed by atoms with Crippen molar-refractivity contribution in [2.75, 3.05) is 27.2 Å². The van der Waals surface area contributed by atoms with E-state index in [2.05, 4.69) is 37.3 Å². The van der Waals surface area contributed by atoms with Crippen LogP contribution in [0.4, 0.5) is 0 Å². The molecule has 6 nitrogen and oxygen atoms in total. The minimum absolute atomic E-state index is 0.656. The number of nitrogens with one attached hydrogen (secondary N) is 2. The van der Waals surface area contributed by atoms with Crippen LogP contribution in [0.1, 0.15) is 18.7 Å². The fourth-order valence-electron chi connectivity index (χ4n) is 3.03. The van der Waals surface area contributed by atoms with Crippen molar-refractivity contribution in [1.82, 2.24) is 20.2 Å². The van der Waals surface area contributed by atoms with Crippen molar-refractivity contribution in [3.8, 4) is 17.0 Å². The Balaban J connectivity index is 1.39. The maximum Gasteiger partial charge on any atom is 0.193 e. The first-order valence-corrected chi connectivity index (χ1v) is 9.95. The number of hydrogen-bond acceptors (Lipinski definition) is 3. The monoisotopic (exact) mass is 391 g/mol. The summed E-state index contributed by atoms with van der Waals surface area (Å²) in [7, 11) is 3.81. The molecule has 0 atom stereocenters. The summed E-state index contributed by atoms with van der Waals surface area (Å²) in [4.78, 5) is 14.3. The second-order valence-corrected chi connectivity index (χ2v) is 6.81. The van der Waals surface area contributed by atoms with E-state index < -0.39 is 0 Å². The van der Waals surface area contributed by atoms with Crippen molar-refractivity contribution in [3.63, 3.8) is 0 Å². The molecule has 3 rings (SSSR count). The van der Waals surface area contributed by atoms with Crippen LogP contribution in [0.5, 0.6) is 5.75 Å². The number of benzene rings is 2. The highest BCUT2D eigenvalue weighted by atomic mass is 16.5. The summed E-state index contributed by atoms with van der Waals surface area (Å²) in [6, 6.07) is 20.1. The molecule has 0 fully saturated rings. The molecule has 0 aliphatic rings. The molecule has 0 radical (unpaired) electrons. The summed E-state index contributed by atoms with van der Waals surface area (Å²) in [6.07, 6.45) is 3.88. The molecule has 1 heterocycles. The van der Waals surface area contributed by atoms with E-state index >= 15 is 0 Å². The molecule has 3 aromatic rings. The summed E-state index contributed by atoms with van der Waals surface area (Å²) in [5.74, 6) is 2.68. The van der Waals surface area contributed by atoms with E-state index in [0.29, 0.717) is 6.54 Å². The topological polar surface area (TPSA) is 65.5 Å². The van der Waals surface area contributed by atoms with Gasteiger partial charge < -0.3 is 19.9 Å². The van der Waals surface area contributed by atoms with Gasteiger partial charge in [0.25, 0.3) is 0 Å². The van der Waals surface area contributed by atoms with Gasteiger partial charge >= 0.3 is 0 Å². The first kappa shape index (κ1) is 20.5. The van der Waals surface area contributed by atoms with E-state index in [1.165, 1.54) is 0 Å². The summed E-state index contributed by atoms with van der Waals surface area (Å²) in [5, 5.41) is 3.41. The molecule has 0 aliphatic carbocycles. The second kappa shape index (κ2) is 10.9. The Hall–Kier alpha value is -3.28. The Morgan fingerprint density at radius 3 is 2.52 bits per heavy atom. The lowest BCUT2D eigenvalue weighted by atomic mass is 10.2. The van der Waals surface area contributed by atoms with E-state index in [1.54, 1.807) is 7.05 Å². The minimum atomic E-state index is 0.656. The number of guanidine groups is 1. The Morgan fingerprint density at radius 1 is 1.07 bits per heavy atom.